The van der Waals surface area contributed by atoms with Crippen molar-refractivity contribution >= 4 is 24.8 Å². The second kappa shape index (κ2) is 9.16. The Morgan fingerprint density at radius 1 is 1.33 bits per heavy atom. The van der Waals surface area contributed by atoms with Gasteiger partial charge in [0.1, 0.15) is 5.82 Å². The maximum absolute atomic E-state index is 9.99. The summed E-state index contributed by atoms with van der Waals surface area (Å²) in [5.74, 6) is 2.10. The molecule has 1 aliphatic carbocycles. The molecule has 1 saturated carbocycles. The minimum Gasteiger partial charge on any atom is -0.504 e. The summed E-state index contributed by atoms with van der Waals surface area (Å²) in [5.41, 5.74) is 6.75. The molecule has 1 fully saturated rings. The van der Waals surface area contributed by atoms with E-state index >= 15 is 0 Å². The smallest absolute Gasteiger partial charge is 0.160 e. The van der Waals surface area contributed by atoms with E-state index in [-0.39, 0.29) is 30.6 Å². The number of methoxy groups -OCH3 is 1. The number of hydrogen-bond acceptors (Lipinski definition) is 4. The first-order chi connectivity index (χ1) is 10.7. The van der Waals surface area contributed by atoms with Gasteiger partial charge in [-0.25, -0.2) is 4.98 Å². The summed E-state index contributed by atoms with van der Waals surface area (Å²) in [6.07, 6.45) is 8.53. The second-order valence-electron chi connectivity index (χ2n) is 5.97. The highest BCUT2D eigenvalue weighted by Gasteiger charge is 2.24. The van der Waals surface area contributed by atoms with E-state index in [9.17, 15) is 5.11 Å². The summed E-state index contributed by atoms with van der Waals surface area (Å²) in [6, 6.07) is 5.85. The molecule has 0 radical (unpaired) electrons. The molecule has 2 aromatic rings. The van der Waals surface area contributed by atoms with Gasteiger partial charge >= 0.3 is 0 Å². The van der Waals surface area contributed by atoms with Crippen molar-refractivity contribution in [3.63, 3.8) is 0 Å². The van der Waals surface area contributed by atoms with Crippen molar-refractivity contribution < 1.29 is 9.84 Å². The van der Waals surface area contributed by atoms with Gasteiger partial charge in [-0.15, -0.1) is 24.8 Å². The van der Waals surface area contributed by atoms with E-state index in [1.54, 1.807) is 19.2 Å². The van der Waals surface area contributed by atoms with Crippen molar-refractivity contribution in [1.82, 2.24) is 9.55 Å². The van der Waals surface area contributed by atoms with Gasteiger partial charge in [0.15, 0.2) is 11.5 Å². The second-order valence-corrected chi connectivity index (χ2v) is 5.97. The average molecular weight is 374 g/mol. The van der Waals surface area contributed by atoms with E-state index < -0.39 is 0 Å². The fourth-order valence-corrected chi connectivity index (χ4v) is 3.39. The third-order valence-corrected chi connectivity index (χ3v) is 4.59. The van der Waals surface area contributed by atoms with Gasteiger partial charge in [-0.3, -0.25) is 0 Å². The number of aromatic nitrogens is 2. The lowest BCUT2D eigenvalue weighted by atomic mass is 9.85. The first-order valence-corrected chi connectivity index (χ1v) is 7.83. The Bertz CT molecular complexity index is 649. The molecule has 5 nitrogen and oxygen atoms in total. The van der Waals surface area contributed by atoms with Gasteiger partial charge in [0.2, 0.25) is 0 Å². The maximum atomic E-state index is 9.99. The first kappa shape index (κ1) is 20.6. The summed E-state index contributed by atoms with van der Waals surface area (Å²) < 4.78 is 7.33. The van der Waals surface area contributed by atoms with Gasteiger partial charge in [-0.2, -0.15) is 0 Å². The third-order valence-electron chi connectivity index (χ3n) is 4.59. The lowest BCUT2D eigenvalue weighted by Gasteiger charge is -2.30. The number of imidazole rings is 1. The zero-order chi connectivity index (χ0) is 15.5. The van der Waals surface area contributed by atoms with Crippen molar-refractivity contribution in [2.45, 2.75) is 31.7 Å². The lowest BCUT2D eigenvalue weighted by Crippen LogP contribution is -2.24. The zero-order valence-electron chi connectivity index (χ0n) is 13.7. The minimum atomic E-state index is 0. The lowest BCUT2D eigenvalue weighted by molar-refractivity contribution is 0.273. The van der Waals surface area contributed by atoms with Crippen molar-refractivity contribution in [3.8, 4) is 22.9 Å². The number of nitrogens with zero attached hydrogens (tertiary/aromatic N) is 2. The first-order valence-electron chi connectivity index (χ1n) is 7.83. The van der Waals surface area contributed by atoms with Crippen molar-refractivity contribution in [2.75, 3.05) is 13.7 Å². The number of halogens is 2. The van der Waals surface area contributed by atoms with Crippen LogP contribution in [0.1, 0.15) is 31.7 Å². The highest BCUT2D eigenvalue weighted by molar-refractivity contribution is 5.85. The van der Waals surface area contributed by atoms with Gasteiger partial charge in [0.05, 0.1) is 7.11 Å². The monoisotopic (exact) mass is 373 g/mol. The van der Waals surface area contributed by atoms with Crippen LogP contribution in [0.3, 0.4) is 0 Å². The SMILES string of the molecule is COc1ccc(-c2nccn2[C@@H]2CCC[C@H](CN)C2)cc1O.Cl.Cl. The molecule has 3 rings (SSSR count). The molecule has 0 aliphatic heterocycles. The number of aromatic hydroxyl groups is 1. The number of hydrogen-bond donors (Lipinski definition) is 2. The molecule has 0 unspecified atom stereocenters. The largest absolute Gasteiger partial charge is 0.504 e. The quantitative estimate of drug-likeness (QED) is 0.854. The number of ether oxygens (including phenoxy) is 1. The van der Waals surface area contributed by atoms with E-state index in [0.29, 0.717) is 17.7 Å². The number of phenols is 1. The molecule has 1 aromatic carbocycles. The number of benzene rings is 1. The number of phenolic OH excluding ortho intramolecular Hbond substituents is 1. The molecule has 0 amide bonds. The Morgan fingerprint density at radius 3 is 2.79 bits per heavy atom. The average Bonchev–Trinajstić information content (AvgIpc) is 3.04. The summed E-state index contributed by atoms with van der Waals surface area (Å²) >= 11 is 0. The van der Waals surface area contributed by atoms with E-state index in [1.165, 1.54) is 12.8 Å². The van der Waals surface area contributed by atoms with Crippen LogP contribution in [0, 0.1) is 5.92 Å². The van der Waals surface area contributed by atoms with Crippen LogP contribution in [-0.4, -0.2) is 28.3 Å². The third kappa shape index (κ3) is 4.15. The summed E-state index contributed by atoms with van der Waals surface area (Å²) in [4.78, 5) is 4.49. The maximum Gasteiger partial charge on any atom is 0.160 e. The van der Waals surface area contributed by atoms with Crippen LogP contribution < -0.4 is 10.5 Å². The van der Waals surface area contributed by atoms with Crippen molar-refractivity contribution in [1.29, 1.82) is 0 Å². The minimum absolute atomic E-state index is 0. The molecule has 0 spiro atoms. The Labute approximate surface area is 155 Å². The predicted octanol–water partition coefficient (Wildman–Crippen LogP) is 3.80. The molecule has 0 bridgehead atoms. The molecule has 134 valence electrons. The molecule has 24 heavy (non-hydrogen) atoms. The zero-order valence-corrected chi connectivity index (χ0v) is 15.4. The van der Waals surface area contributed by atoms with Crippen LogP contribution in [0.4, 0.5) is 0 Å². The van der Waals surface area contributed by atoms with Crippen LogP contribution in [-0.2, 0) is 0 Å². The van der Waals surface area contributed by atoms with E-state index in [1.807, 2.05) is 18.5 Å². The van der Waals surface area contributed by atoms with Gasteiger partial charge in [0, 0.05) is 24.0 Å². The highest BCUT2D eigenvalue weighted by atomic mass is 35.5. The standard InChI is InChI=1S/C17H23N3O2.2ClH/c1-22-16-6-5-13(10-15(16)21)17-19-7-8-20(17)14-4-2-3-12(9-14)11-18;;/h5-8,10,12,14,21H,2-4,9,11,18H2,1H3;2*1H/t12-,14+;;/m0../s1. The van der Waals surface area contributed by atoms with Crippen LogP contribution in [0.15, 0.2) is 30.6 Å². The molecule has 2 atom stereocenters. The van der Waals surface area contributed by atoms with E-state index in [4.69, 9.17) is 10.5 Å². The fraction of sp³-hybridized carbons (Fsp3) is 0.471. The predicted molar refractivity (Wildman–Crippen MR) is 100 cm³/mol. The molecule has 7 heteroatoms. The Balaban J connectivity index is 0.00000144. The molecule has 1 aromatic heterocycles. The number of rotatable bonds is 4. The topological polar surface area (TPSA) is 73.3 Å². The van der Waals surface area contributed by atoms with Gasteiger partial charge in [-0.05, 0) is 49.9 Å². The fourth-order valence-electron chi connectivity index (χ4n) is 3.39. The van der Waals surface area contributed by atoms with Gasteiger partial charge < -0.3 is 20.1 Å². The molecular formula is C17H25Cl2N3O2. The van der Waals surface area contributed by atoms with Crippen molar-refractivity contribution in [3.05, 3.63) is 30.6 Å². The highest BCUT2D eigenvalue weighted by Crippen LogP contribution is 2.36. The van der Waals surface area contributed by atoms with Crippen LogP contribution in [0.5, 0.6) is 11.5 Å². The Hall–Kier alpha value is -1.43. The molecule has 1 heterocycles. The van der Waals surface area contributed by atoms with Crippen LogP contribution in [0.2, 0.25) is 0 Å². The normalized spacial score (nSPS) is 19.9. The van der Waals surface area contributed by atoms with E-state index in [0.717, 1.165) is 30.8 Å². The van der Waals surface area contributed by atoms with Crippen LogP contribution >= 0.6 is 24.8 Å². The summed E-state index contributed by atoms with van der Waals surface area (Å²) in [6.45, 7) is 0.754. The molecule has 1 aliphatic rings. The van der Waals surface area contributed by atoms with Crippen LogP contribution in [0.25, 0.3) is 11.4 Å². The van der Waals surface area contributed by atoms with Crippen molar-refractivity contribution in [2.24, 2.45) is 11.7 Å². The summed E-state index contributed by atoms with van der Waals surface area (Å²) in [7, 11) is 1.55. The van der Waals surface area contributed by atoms with Gasteiger partial charge in [0.25, 0.3) is 0 Å². The molecule has 3 N–H and O–H groups in total. The Kier molecular flexibility index (Phi) is 7.87. The van der Waals surface area contributed by atoms with Gasteiger partial charge in [-0.1, -0.05) is 6.42 Å². The molecular weight excluding hydrogens is 349 g/mol. The Morgan fingerprint density at radius 2 is 2.12 bits per heavy atom. The molecule has 0 saturated heterocycles. The summed E-state index contributed by atoms with van der Waals surface area (Å²) in [5, 5.41) is 9.99. The number of nitrogens with two attached hydrogens (primary N) is 1. The van der Waals surface area contributed by atoms with E-state index in [2.05, 4.69) is 9.55 Å².